The van der Waals surface area contributed by atoms with Crippen LogP contribution < -0.4 is 16.4 Å². The minimum atomic E-state index is -0.782. The Morgan fingerprint density at radius 2 is 1.77 bits per heavy atom. The van der Waals surface area contributed by atoms with Crippen LogP contribution in [-0.4, -0.2) is 32.8 Å². The van der Waals surface area contributed by atoms with E-state index in [0.29, 0.717) is 17.9 Å². The molecule has 0 fully saturated rings. The van der Waals surface area contributed by atoms with Gasteiger partial charge in [0.2, 0.25) is 5.91 Å². The van der Waals surface area contributed by atoms with Gasteiger partial charge in [0.15, 0.2) is 0 Å². The standard InChI is InChI=1S/C27H26N6O2/c1-16-18(10-11-25(28)31-16)14-30-26(34)23(13-19-15-29-22-9-5-3-7-20(19)22)33-27(35)24-12-17-6-2-4-8-21(17)32-24/h2-12,15,23,29,32H,13-14H2,1H3,(H2,28,31)(H,30,34)(H,33,35)/t23-/m0/s1. The number of fused-ring (bicyclic) bond motifs is 2. The average Bonchev–Trinajstić information content (AvgIpc) is 3.47. The molecule has 0 aliphatic rings. The summed E-state index contributed by atoms with van der Waals surface area (Å²) in [5, 5.41) is 7.82. The number of para-hydroxylation sites is 2. The fourth-order valence-electron chi connectivity index (χ4n) is 4.26. The van der Waals surface area contributed by atoms with Crippen molar-refractivity contribution in [3.8, 4) is 0 Å². The van der Waals surface area contributed by atoms with E-state index in [-0.39, 0.29) is 18.4 Å². The Kier molecular flexibility index (Phi) is 5.93. The number of hydrogen-bond acceptors (Lipinski definition) is 4. The van der Waals surface area contributed by atoms with Gasteiger partial charge in [-0.1, -0.05) is 42.5 Å². The molecule has 35 heavy (non-hydrogen) atoms. The highest BCUT2D eigenvalue weighted by molar-refractivity contribution is 6.00. The molecule has 3 heterocycles. The number of rotatable bonds is 7. The highest BCUT2D eigenvalue weighted by Gasteiger charge is 2.24. The lowest BCUT2D eigenvalue weighted by atomic mass is 10.0. The Morgan fingerprint density at radius 3 is 2.57 bits per heavy atom. The van der Waals surface area contributed by atoms with Gasteiger partial charge in [-0.05, 0) is 42.3 Å². The summed E-state index contributed by atoms with van der Waals surface area (Å²) in [7, 11) is 0. The van der Waals surface area contributed by atoms with Crippen molar-refractivity contribution in [2.24, 2.45) is 0 Å². The topological polar surface area (TPSA) is 129 Å². The fraction of sp³-hybridized carbons (Fsp3) is 0.148. The SMILES string of the molecule is Cc1nc(N)ccc1CNC(=O)[C@H](Cc1c[nH]c2ccccc12)NC(=O)c1cc2ccccc2[nH]1. The van der Waals surface area contributed by atoms with E-state index in [1.54, 1.807) is 12.1 Å². The van der Waals surface area contributed by atoms with Crippen LogP contribution in [-0.2, 0) is 17.8 Å². The van der Waals surface area contributed by atoms with Crippen molar-refractivity contribution in [2.75, 3.05) is 5.73 Å². The van der Waals surface area contributed by atoms with Crippen molar-refractivity contribution in [2.45, 2.75) is 25.9 Å². The Morgan fingerprint density at radius 1 is 1.00 bits per heavy atom. The molecule has 2 amide bonds. The van der Waals surface area contributed by atoms with Gasteiger partial charge in [-0.25, -0.2) is 4.98 Å². The number of carbonyl (C=O) groups excluding carboxylic acids is 2. The lowest BCUT2D eigenvalue weighted by Crippen LogP contribution is -2.48. The highest BCUT2D eigenvalue weighted by atomic mass is 16.2. The van der Waals surface area contributed by atoms with E-state index in [2.05, 4.69) is 25.6 Å². The number of amides is 2. The highest BCUT2D eigenvalue weighted by Crippen LogP contribution is 2.20. The van der Waals surface area contributed by atoms with Gasteiger partial charge in [-0.3, -0.25) is 9.59 Å². The van der Waals surface area contributed by atoms with E-state index in [0.717, 1.165) is 38.6 Å². The number of nitrogens with two attached hydrogens (primary N) is 1. The van der Waals surface area contributed by atoms with Gasteiger partial charge in [-0.2, -0.15) is 0 Å². The molecule has 5 aromatic rings. The molecule has 8 nitrogen and oxygen atoms in total. The Bertz CT molecular complexity index is 1500. The first-order valence-corrected chi connectivity index (χ1v) is 11.4. The minimum absolute atomic E-state index is 0.282. The first-order chi connectivity index (χ1) is 17.0. The molecule has 0 aliphatic carbocycles. The predicted octanol–water partition coefficient (Wildman–Crippen LogP) is 3.59. The number of nitrogens with zero attached hydrogens (tertiary/aromatic N) is 1. The molecule has 0 unspecified atom stereocenters. The number of pyridine rings is 1. The molecular formula is C27H26N6O2. The molecule has 6 N–H and O–H groups in total. The molecule has 0 bridgehead atoms. The lowest BCUT2D eigenvalue weighted by Gasteiger charge is -2.18. The normalized spacial score (nSPS) is 12.0. The zero-order valence-corrected chi connectivity index (χ0v) is 19.3. The third kappa shape index (κ3) is 4.72. The maximum Gasteiger partial charge on any atom is 0.268 e. The molecule has 8 heteroatoms. The average molecular weight is 467 g/mol. The first kappa shape index (κ1) is 22.2. The lowest BCUT2D eigenvalue weighted by molar-refractivity contribution is -0.123. The van der Waals surface area contributed by atoms with E-state index in [4.69, 9.17) is 5.73 Å². The van der Waals surface area contributed by atoms with Crippen molar-refractivity contribution < 1.29 is 9.59 Å². The number of hydrogen-bond donors (Lipinski definition) is 5. The third-order valence-electron chi connectivity index (χ3n) is 6.17. The van der Waals surface area contributed by atoms with Crippen molar-refractivity contribution in [3.05, 3.63) is 95.4 Å². The van der Waals surface area contributed by atoms with Crippen LogP contribution in [0.3, 0.4) is 0 Å². The van der Waals surface area contributed by atoms with Crippen molar-refractivity contribution in [3.63, 3.8) is 0 Å². The van der Waals surface area contributed by atoms with Gasteiger partial charge in [0, 0.05) is 46.7 Å². The molecule has 0 radical (unpaired) electrons. The van der Waals surface area contributed by atoms with E-state index in [9.17, 15) is 9.59 Å². The smallest absolute Gasteiger partial charge is 0.268 e. The van der Waals surface area contributed by atoms with Crippen LogP contribution in [0.4, 0.5) is 5.82 Å². The summed E-state index contributed by atoms with van der Waals surface area (Å²) in [6.07, 6.45) is 2.22. The van der Waals surface area contributed by atoms with Crippen LogP contribution in [0.5, 0.6) is 0 Å². The fourth-order valence-corrected chi connectivity index (χ4v) is 4.26. The van der Waals surface area contributed by atoms with Crippen LogP contribution >= 0.6 is 0 Å². The molecule has 0 aliphatic heterocycles. The van der Waals surface area contributed by atoms with Gasteiger partial charge in [0.05, 0.1) is 0 Å². The molecule has 0 saturated heterocycles. The summed E-state index contributed by atoms with van der Waals surface area (Å²) >= 11 is 0. The predicted molar refractivity (Wildman–Crippen MR) is 137 cm³/mol. The largest absolute Gasteiger partial charge is 0.384 e. The zero-order chi connectivity index (χ0) is 24.4. The van der Waals surface area contributed by atoms with Crippen LogP contribution in [0.15, 0.2) is 72.9 Å². The molecule has 0 spiro atoms. The Hall–Kier alpha value is -4.59. The quantitative estimate of drug-likeness (QED) is 0.251. The Balaban J connectivity index is 1.38. The second-order valence-electron chi connectivity index (χ2n) is 8.56. The zero-order valence-electron chi connectivity index (χ0n) is 19.3. The minimum Gasteiger partial charge on any atom is -0.384 e. The molecule has 1 atom stereocenters. The second-order valence-corrected chi connectivity index (χ2v) is 8.56. The van der Waals surface area contributed by atoms with Crippen LogP contribution in [0, 0.1) is 6.92 Å². The van der Waals surface area contributed by atoms with Gasteiger partial charge in [0.1, 0.15) is 17.6 Å². The van der Waals surface area contributed by atoms with Gasteiger partial charge in [0.25, 0.3) is 5.91 Å². The van der Waals surface area contributed by atoms with Crippen molar-refractivity contribution in [1.82, 2.24) is 25.6 Å². The first-order valence-electron chi connectivity index (χ1n) is 11.4. The van der Waals surface area contributed by atoms with Gasteiger partial charge >= 0.3 is 0 Å². The molecule has 0 saturated carbocycles. The van der Waals surface area contributed by atoms with Gasteiger partial charge < -0.3 is 26.3 Å². The maximum atomic E-state index is 13.3. The molecule has 176 valence electrons. The number of aromatic amines is 2. The number of carbonyl (C=O) groups is 2. The molecular weight excluding hydrogens is 440 g/mol. The summed E-state index contributed by atoms with van der Waals surface area (Å²) in [4.78, 5) is 37.1. The van der Waals surface area contributed by atoms with Gasteiger partial charge in [-0.15, -0.1) is 0 Å². The number of nitrogens with one attached hydrogen (secondary N) is 4. The van der Waals surface area contributed by atoms with Crippen LogP contribution in [0.1, 0.15) is 27.3 Å². The molecule has 2 aromatic carbocycles. The summed E-state index contributed by atoms with van der Waals surface area (Å²) in [5.41, 5.74) is 10.5. The number of benzene rings is 2. The van der Waals surface area contributed by atoms with E-state index < -0.39 is 6.04 Å². The number of H-pyrrole nitrogens is 2. The number of aryl methyl sites for hydroxylation is 1. The van der Waals surface area contributed by atoms with E-state index in [1.165, 1.54) is 0 Å². The third-order valence-corrected chi connectivity index (χ3v) is 6.17. The molecule has 3 aromatic heterocycles. The summed E-state index contributed by atoms with van der Waals surface area (Å²) in [6.45, 7) is 2.13. The van der Waals surface area contributed by atoms with E-state index in [1.807, 2.05) is 67.7 Å². The number of aromatic nitrogens is 3. The summed E-state index contributed by atoms with van der Waals surface area (Å²) in [5.74, 6) is -0.192. The maximum absolute atomic E-state index is 13.3. The second kappa shape index (κ2) is 9.34. The number of nitrogen functional groups attached to an aromatic ring is 1. The summed E-state index contributed by atoms with van der Waals surface area (Å²) < 4.78 is 0. The summed E-state index contributed by atoms with van der Waals surface area (Å²) in [6, 6.07) is 20.1. The Labute approximate surface area is 201 Å². The number of anilines is 1. The van der Waals surface area contributed by atoms with Crippen LogP contribution in [0.25, 0.3) is 21.8 Å². The van der Waals surface area contributed by atoms with Crippen molar-refractivity contribution in [1.29, 1.82) is 0 Å². The van der Waals surface area contributed by atoms with Crippen LogP contribution in [0.2, 0.25) is 0 Å². The monoisotopic (exact) mass is 466 g/mol. The van der Waals surface area contributed by atoms with Crippen molar-refractivity contribution >= 4 is 39.4 Å². The van der Waals surface area contributed by atoms with E-state index >= 15 is 0 Å². The molecule has 5 rings (SSSR count).